The van der Waals surface area contributed by atoms with Crippen molar-refractivity contribution < 1.29 is 5.11 Å². The Hall–Kier alpha value is -0.740. The third kappa shape index (κ3) is 1.40. The van der Waals surface area contributed by atoms with Crippen molar-refractivity contribution in [2.75, 3.05) is 0 Å². The summed E-state index contributed by atoms with van der Waals surface area (Å²) >= 11 is 11.0. The number of hydrogen-bond donors (Lipinski definition) is 1. The largest absolute Gasteiger partial charge is 0.491 e. The van der Waals surface area contributed by atoms with Crippen molar-refractivity contribution in [2.45, 2.75) is 13.5 Å². The maximum atomic E-state index is 11.1. The lowest BCUT2D eigenvalue weighted by Gasteiger charge is -2.02. The van der Waals surface area contributed by atoms with E-state index in [1.54, 1.807) is 6.92 Å². The van der Waals surface area contributed by atoms with Gasteiger partial charge in [0.1, 0.15) is 10.0 Å². The summed E-state index contributed by atoms with van der Waals surface area (Å²) in [5.41, 5.74) is -0.498. The number of rotatable bonds is 1. The van der Waals surface area contributed by atoms with E-state index in [0.29, 0.717) is 6.54 Å². The lowest BCUT2D eigenvalue weighted by Crippen LogP contribution is -2.22. The Morgan fingerprint density at radius 3 is 2.58 bits per heavy atom. The molecule has 0 fully saturated rings. The Morgan fingerprint density at radius 1 is 1.50 bits per heavy atom. The summed E-state index contributed by atoms with van der Waals surface area (Å²) in [6.07, 6.45) is 0. The zero-order chi connectivity index (χ0) is 9.30. The molecular formula is C6H6Cl2N2O2. The highest BCUT2D eigenvalue weighted by atomic mass is 35.5. The number of hydrogen-bond acceptors (Lipinski definition) is 3. The van der Waals surface area contributed by atoms with E-state index >= 15 is 0 Å². The number of aryl methyl sites for hydroxylation is 1. The molecule has 0 atom stereocenters. The van der Waals surface area contributed by atoms with Gasteiger partial charge in [-0.1, -0.05) is 23.2 Å². The molecule has 1 aromatic rings. The van der Waals surface area contributed by atoms with Gasteiger partial charge in [0, 0.05) is 6.54 Å². The van der Waals surface area contributed by atoms with Gasteiger partial charge in [0.2, 0.25) is 5.88 Å². The first-order valence-corrected chi connectivity index (χ1v) is 3.98. The second kappa shape index (κ2) is 3.33. The predicted octanol–water partition coefficient (Wildman–Crippen LogP) is 1.28. The Morgan fingerprint density at radius 2 is 2.08 bits per heavy atom. The first-order valence-electron chi connectivity index (χ1n) is 3.23. The predicted molar refractivity (Wildman–Crippen MR) is 45.9 cm³/mol. The number of aromatic nitrogens is 2. The Bertz CT molecular complexity index is 361. The smallest absolute Gasteiger partial charge is 0.287 e. The molecule has 0 aliphatic rings. The van der Waals surface area contributed by atoms with Crippen LogP contribution in [0.2, 0.25) is 10.0 Å². The van der Waals surface area contributed by atoms with Crippen LogP contribution in [0.4, 0.5) is 0 Å². The molecule has 6 heteroatoms. The van der Waals surface area contributed by atoms with E-state index in [2.05, 4.69) is 5.10 Å². The fourth-order valence-corrected chi connectivity index (χ4v) is 1.02. The highest BCUT2D eigenvalue weighted by Crippen LogP contribution is 2.24. The van der Waals surface area contributed by atoms with Crippen LogP contribution in [0.25, 0.3) is 0 Å². The minimum Gasteiger partial charge on any atom is -0.491 e. The van der Waals surface area contributed by atoms with E-state index in [1.807, 2.05) is 0 Å². The zero-order valence-corrected chi connectivity index (χ0v) is 7.72. The molecule has 0 bridgehead atoms. The molecule has 12 heavy (non-hydrogen) atoms. The summed E-state index contributed by atoms with van der Waals surface area (Å²) < 4.78 is 1.03. The molecule has 0 spiro atoms. The minimum atomic E-state index is -0.498. The van der Waals surface area contributed by atoms with Gasteiger partial charge in [-0.15, -0.1) is 5.10 Å². The number of aromatic hydroxyl groups is 1. The maximum absolute atomic E-state index is 11.1. The first kappa shape index (κ1) is 9.35. The summed E-state index contributed by atoms with van der Waals surface area (Å²) in [7, 11) is 0. The molecule has 1 aromatic heterocycles. The lowest BCUT2D eigenvalue weighted by atomic mass is 10.5. The molecule has 0 saturated carbocycles. The van der Waals surface area contributed by atoms with Crippen LogP contribution in [0.15, 0.2) is 4.79 Å². The van der Waals surface area contributed by atoms with Crippen LogP contribution in [0.3, 0.4) is 0 Å². The van der Waals surface area contributed by atoms with Gasteiger partial charge in [-0.3, -0.25) is 4.79 Å². The highest BCUT2D eigenvalue weighted by Gasteiger charge is 2.11. The molecule has 4 nitrogen and oxygen atoms in total. The van der Waals surface area contributed by atoms with Crippen LogP contribution in [-0.2, 0) is 6.54 Å². The lowest BCUT2D eigenvalue weighted by molar-refractivity contribution is 0.422. The monoisotopic (exact) mass is 208 g/mol. The van der Waals surface area contributed by atoms with Gasteiger partial charge in [0.05, 0.1) is 0 Å². The van der Waals surface area contributed by atoms with Crippen LogP contribution in [0, 0.1) is 0 Å². The second-order valence-electron chi connectivity index (χ2n) is 2.07. The van der Waals surface area contributed by atoms with Gasteiger partial charge in [0.15, 0.2) is 0 Å². The van der Waals surface area contributed by atoms with Crippen molar-refractivity contribution in [1.82, 2.24) is 9.78 Å². The molecule has 1 heterocycles. The summed E-state index contributed by atoms with van der Waals surface area (Å²) in [4.78, 5) is 11.1. The van der Waals surface area contributed by atoms with Gasteiger partial charge >= 0.3 is 0 Å². The molecule has 0 unspecified atom stereocenters. The van der Waals surface area contributed by atoms with Gasteiger partial charge in [0.25, 0.3) is 5.56 Å². The van der Waals surface area contributed by atoms with Crippen molar-refractivity contribution in [3.8, 4) is 5.88 Å². The molecule has 0 aliphatic carbocycles. The van der Waals surface area contributed by atoms with Crippen LogP contribution in [-0.4, -0.2) is 14.9 Å². The number of halogens is 2. The maximum Gasteiger partial charge on any atom is 0.287 e. The molecular weight excluding hydrogens is 203 g/mol. The van der Waals surface area contributed by atoms with Gasteiger partial charge in [-0.25, -0.2) is 4.68 Å². The highest BCUT2D eigenvalue weighted by molar-refractivity contribution is 6.42. The normalized spacial score (nSPS) is 10.2. The Kier molecular flexibility index (Phi) is 2.59. The van der Waals surface area contributed by atoms with Gasteiger partial charge < -0.3 is 5.11 Å². The molecule has 0 aliphatic heterocycles. The first-order chi connectivity index (χ1) is 5.57. The molecule has 66 valence electrons. The summed E-state index contributed by atoms with van der Waals surface area (Å²) in [5, 5.41) is 12.1. The van der Waals surface area contributed by atoms with Crippen molar-refractivity contribution in [1.29, 1.82) is 0 Å². The Balaban J connectivity index is 3.50. The van der Waals surface area contributed by atoms with Crippen molar-refractivity contribution >= 4 is 23.2 Å². The average Bonchev–Trinajstić information content (AvgIpc) is 2.08. The fraction of sp³-hybridized carbons (Fsp3) is 0.333. The van der Waals surface area contributed by atoms with Gasteiger partial charge in [-0.05, 0) is 6.92 Å². The summed E-state index contributed by atoms with van der Waals surface area (Å²) in [6, 6.07) is 0. The van der Waals surface area contributed by atoms with E-state index < -0.39 is 11.4 Å². The SMILES string of the molecule is CCn1nc(O)c(Cl)c(Cl)c1=O. The summed E-state index contributed by atoms with van der Waals surface area (Å²) in [5.74, 6) is -0.428. The van der Waals surface area contributed by atoms with Crippen LogP contribution >= 0.6 is 23.2 Å². The van der Waals surface area contributed by atoms with Gasteiger partial charge in [-0.2, -0.15) is 0 Å². The third-order valence-electron chi connectivity index (χ3n) is 1.33. The fourth-order valence-electron chi connectivity index (χ4n) is 0.723. The zero-order valence-electron chi connectivity index (χ0n) is 6.21. The number of nitrogens with zero attached hydrogens (tertiary/aromatic N) is 2. The van der Waals surface area contributed by atoms with Crippen molar-refractivity contribution in [3.05, 3.63) is 20.4 Å². The topological polar surface area (TPSA) is 55.1 Å². The quantitative estimate of drug-likeness (QED) is 0.757. The standard InChI is InChI=1S/C6H6Cl2N2O2/c1-2-10-6(12)4(8)3(7)5(11)9-10/h2H2,1H3,(H,9,11). The van der Waals surface area contributed by atoms with Crippen molar-refractivity contribution in [2.24, 2.45) is 0 Å². The second-order valence-corrected chi connectivity index (χ2v) is 2.83. The Labute approximate surface area is 78.3 Å². The van der Waals surface area contributed by atoms with E-state index in [9.17, 15) is 4.79 Å². The molecule has 1 rings (SSSR count). The van der Waals surface area contributed by atoms with Crippen molar-refractivity contribution in [3.63, 3.8) is 0 Å². The molecule has 0 amide bonds. The molecule has 0 aromatic carbocycles. The van der Waals surface area contributed by atoms with Crippen LogP contribution < -0.4 is 5.56 Å². The van der Waals surface area contributed by atoms with E-state index in [-0.39, 0.29) is 10.0 Å². The van der Waals surface area contributed by atoms with E-state index in [4.69, 9.17) is 28.3 Å². The molecule has 0 saturated heterocycles. The average molecular weight is 209 g/mol. The van der Waals surface area contributed by atoms with Crippen LogP contribution in [0.1, 0.15) is 6.92 Å². The molecule has 1 N–H and O–H groups in total. The molecule has 0 radical (unpaired) electrons. The third-order valence-corrected chi connectivity index (χ3v) is 2.13. The van der Waals surface area contributed by atoms with E-state index in [1.165, 1.54) is 0 Å². The van der Waals surface area contributed by atoms with E-state index in [0.717, 1.165) is 4.68 Å². The minimum absolute atomic E-state index is 0.202. The summed E-state index contributed by atoms with van der Waals surface area (Å²) in [6.45, 7) is 2.04. The van der Waals surface area contributed by atoms with Crippen LogP contribution in [0.5, 0.6) is 5.88 Å².